The van der Waals surface area contributed by atoms with E-state index in [0.717, 1.165) is 27.2 Å². The Hall–Kier alpha value is -2.67. The van der Waals surface area contributed by atoms with Crippen LogP contribution in [0.15, 0.2) is 42.6 Å². The zero-order chi connectivity index (χ0) is 18.4. The van der Waals surface area contributed by atoms with Gasteiger partial charge in [0.2, 0.25) is 5.88 Å². The lowest BCUT2D eigenvalue weighted by Gasteiger charge is -2.16. The molecule has 2 aromatic heterocycles. The van der Waals surface area contributed by atoms with Gasteiger partial charge in [0.05, 0.1) is 23.4 Å². The van der Waals surface area contributed by atoms with Gasteiger partial charge < -0.3 is 15.0 Å². The van der Waals surface area contributed by atoms with Crippen molar-refractivity contribution in [2.75, 3.05) is 13.7 Å². The van der Waals surface area contributed by atoms with Gasteiger partial charge in [-0.2, -0.15) is 0 Å². The van der Waals surface area contributed by atoms with E-state index in [1.54, 1.807) is 29.5 Å². The Bertz CT molecular complexity index is 830. The number of fused-ring (bicyclic) bond motifs is 1. The molecule has 2 heterocycles. The van der Waals surface area contributed by atoms with Gasteiger partial charge in [0, 0.05) is 25.9 Å². The number of nitrogens with one attached hydrogen (secondary N) is 1. The topological polar surface area (TPSA) is 67.3 Å². The quantitative estimate of drug-likeness (QED) is 0.686. The molecule has 2 amide bonds. The molecule has 0 spiro atoms. The highest BCUT2D eigenvalue weighted by atomic mass is 32.1. The highest BCUT2D eigenvalue weighted by Crippen LogP contribution is 2.22. The molecule has 26 heavy (non-hydrogen) atoms. The molecule has 0 aliphatic carbocycles. The Balaban J connectivity index is 1.50. The van der Waals surface area contributed by atoms with Crippen molar-refractivity contribution in [2.45, 2.75) is 26.4 Å². The zero-order valence-electron chi connectivity index (χ0n) is 14.9. The molecule has 136 valence electrons. The second-order valence-corrected chi connectivity index (χ2v) is 7.06. The predicted molar refractivity (Wildman–Crippen MR) is 103 cm³/mol. The maximum Gasteiger partial charge on any atom is 0.317 e. The Kier molecular flexibility index (Phi) is 6.01. The number of thiazole rings is 1. The van der Waals surface area contributed by atoms with Gasteiger partial charge in [-0.15, -0.1) is 11.3 Å². The third-order valence-corrected chi connectivity index (χ3v) is 4.77. The maximum absolute atomic E-state index is 12.3. The molecule has 0 bridgehead atoms. The number of ether oxygens (including phenoxy) is 1. The molecular formula is C19H22N4O2S. The standard InChI is InChI=1S/C19H22N4O2S/c1-3-10-25-17-9-8-14(11-20-17)12-21-19(24)23(2)13-18-22-15-6-4-5-7-16(15)26-18/h4-9,11H,3,10,12-13H2,1-2H3,(H,21,24). The SMILES string of the molecule is CCCOc1ccc(CNC(=O)N(C)Cc2nc3ccccc3s2)cn1. The number of carbonyl (C=O) groups is 1. The van der Waals surface area contributed by atoms with E-state index in [9.17, 15) is 4.79 Å². The van der Waals surface area contributed by atoms with Gasteiger partial charge in [0.1, 0.15) is 5.01 Å². The maximum atomic E-state index is 12.3. The Morgan fingerprint density at radius 1 is 1.27 bits per heavy atom. The number of amides is 2. The van der Waals surface area contributed by atoms with Gasteiger partial charge in [-0.1, -0.05) is 25.1 Å². The minimum Gasteiger partial charge on any atom is -0.478 e. The fourth-order valence-corrected chi connectivity index (χ4v) is 3.40. The molecule has 0 saturated heterocycles. The number of hydrogen-bond donors (Lipinski definition) is 1. The van der Waals surface area contributed by atoms with Crippen LogP contribution in [0.2, 0.25) is 0 Å². The van der Waals surface area contributed by atoms with E-state index in [1.165, 1.54) is 0 Å². The normalized spacial score (nSPS) is 10.7. The first-order chi connectivity index (χ1) is 12.7. The number of aromatic nitrogens is 2. The number of rotatable bonds is 7. The fourth-order valence-electron chi connectivity index (χ4n) is 2.38. The number of carbonyl (C=O) groups excluding carboxylic acids is 1. The first-order valence-electron chi connectivity index (χ1n) is 8.57. The molecule has 1 aromatic carbocycles. The molecular weight excluding hydrogens is 348 g/mol. The predicted octanol–water partition coefficient (Wildman–Crippen LogP) is 3.82. The molecule has 0 aliphatic rings. The van der Waals surface area contributed by atoms with Crippen molar-refractivity contribution in [1.29, 1.82) is 0 Å². The third kappa shape index (κ3) is 4.70. The van der Waals surface area contributed by atoms with Crippen molar-refractivity contribution in [3.8, 4) is 5.88 Å². The molecule has 0 atom stereocenters. The highest BCUT2D eigenvalue weighted by molar-refractivity contribution is 7.18. The lowest BCUT2D eigenvalue weighted by atomic mass is 10.3. The summed E-state index contributed by atoms with van der Waals surface area (Å²) in [5.41, 5.74) is 1.90. The summed E-state index contributed by atoms with van der Waals surface area (Å²) < 4.78 is 6.59. The van der Waals surface area contributed by atoms with Crippen LogP contribution >= 0.6 is 11.3 Å². The van der Waals surface area contributed by atoms with Crippen LogP contribution < -0.4 is 10.1 Å². The molecule has 6 nitrogen and oxygen atoms in total. The average Bonchev–Trinajstić information content (AvgIpc) is 3.07. The second-order valence-electron chi connectivity index (χ2n) is 5.94. The molecule has 3 rings (SSSR count). The lowest BCUT2D eigenvalue weighted by Crippen LogP contribution is -2.36. The van der Waals surface area contributed by atoms with E-state index in [2.05, 4.69) is 22.2 Å². The number of para-hydroxylation sites is 1. The summed E-state index contributed by atoms with van der Waals surface area (Å²) in [4.78, 5) is 22.7. The van der Waals surface area contributed by atoms with Crippen LogP contribution in [0.25, 0.3) is 10.2 Å². The largest absolute Gasteiger partial charge is 0.478 e. The molecule has 0 unspecified atom stereocenters. The average molecular weight is 370 g/mol. The molecule has 0 radical (unpaired) electrons. The Labute approximate surface area is 156 Å². The van der Waals surface area contributed by atoms with Gasteiger partial charge in [-0.3, -0.25) is 0 Å². The summed E-state index contributed by atoms with van der Waals surface area (Å²) in [5.74, 6) is 0.606. The van der Waals surface area contributed by atoms with E-state index in [-0.39, 0.29) is 6.03 Å². The summed E-state index contributed by atoms with van der Waals surface area (Å²) >= 11 is 1.61. The van der Waals surface area contributed by atoms with Crippen molar-refractivity contribution in [2.24, 2.45) is 0 Å². The molecule has 1 N–H and O–H groups in total. The van der Waals surface area contributed by atoms with Crippen LogP contribution in [0.1, 0.15) is 23.9 Å². The van der Waals surface area contributed by atoms with Crippen molar-refractivity contribution in [1.82, 2.24) is 20.2 Å². The fraction of sp³-hybridized carbons (Fsp3) is 0.316. The minimum absolute atomic E-state index is 0.143. The Morgan fingerprint density at radius 2 is 2.12 bits per heavy atom. The van der Waals surface area contributed by atoms with Crippen molar-refractivity contribution < 1.29 is 9.53 Å². The van der Waals surface area contributed by atoms with Crippen molar-refractivity contribution in [3.05, 3.63) is 53.2 Å². The highest BCUT2D eigenvalue weighted by Gasteiger charge is 2.12. The monoisotopic (exact) mass is 370 g/mol. The molecule has 7 heteroatoms. The van der Waals surface area contributed by atoms with E-state index in [4.69, 9.17) is 4.74 Å². The van der Waals surface area contributed by atoms with E-state index < -0.39 is 0 Å². The van der Waals surface area contributed by atoms with E-state index in [1.807, 2.05) is 36.4 Å². The van der Waals surface area contributed by atoms with Crippen LogP contribution in [0.4, 0.5) is 4.79 Å². The molecule has 3 aromatic rings. The first kappa shape index (κ1) is 18.1. The van der Waals surface area contributed by atoms with Crippen LogP contribution in [0, 0.1) is 0 Å². The van der Waals surface area contributed by atoms with E-state index >= 15 is 0 Å². The first-order valence-corrected chi connectivity index (χ1v) is 9.38. The molecule has 0 aliphatic heterocycles. The molecule has 0 saturated carbocycles. The lowest BCUT2D eigenvalue weighted by molar-refractivity contribution is 0.206. The van der Waals surface area contributed by atoms with Crippen molar-refractivity contribution >= 4 is 27.6 Å². The second kappa shape index (κ2) is 8.62. The number of nitrogens with zero attached hydrogens (tertiary/aromatic N) is 3. The number of urea groups is 1. The van der Waals surface area contributed by atoms with Crippen LogP contribution in [0.3, 0.4) is 0 Å². The van der Waals surface area contributed by atoms with Gasteiger partial charge in [-0.05, 0) is 24.1 Å². The summed E-state index contributed by atoms with van der Waals surface area (Å²) in [6, 6.07) is 11.6. The minimum atomic E-state index is -0.143. The smallest absolute Gasteiger partial charge is 0.317 e. The van der Waals surface area contributed by atoms with Crippen LogP contribution in [0.5, 0.6) is 5.88 Å². The molecule has 0 fully saturated rings. The number of pyridine rings is 1. The van der Waals surface area contributed by atoms with Gasteiger partial charge in [-0.25, -0.2) is 14.8 Å². The summed E-state index contributed by atoms with van der Waals surface area (Å²) in [5, 5.41) is 3.82. The number of benzene rings is 1. The number of hydrogen-bond acceptors (Lipinski definition) is 5. The van der Waals surface area contributed by atoms with Crippen LogP contribution in [-0.2, 0) is 13.1 Å². The summed E-state index contributed by atoms with van der Waals surface area (Å²) in [7, 11) is 1.77. The van der Waals surface area contributed by atoms with Gasteiger partial charge >= 0.3 is 6.03 Å². The van der Waals surface area contributed by atoms with Gasteiger partial charge in [0.25, 0.3) is 0 Å². The van der Waals surface area contributed by atoms with Crippen molar-refractivity contribution in [3.63, 3.8) is 0 Å². The van der Waals surface area contributed by atoms with E-state index in [0.29, 0.717) is 25.6 Å². The zero-order valence-corrected chi connectivity index (χ0v) is 15.8. The Morgan fingerprint density at radius 3 is 2.85 bits per heavy atom. The third-order valence-electron chi connectivity index (χ3n) is 3.75. The summed E-state index contributed by atoms with van der Waals surface area (Å²) in [6.07, 6.45) is 2.67. The summed E-state index contributed by atoms with van der Waals surface area (Å²) in [6.45, 7) is 3.60. The van der Waals surface area contributed by atoms with Crippen LogP contribution in [-0.4, -0.2) is 34.6 Å². The van der Waals surface area contributed by atoms with Gasteiger partial charge in [0.15, 0.2) is 0 Å².